The van der Waals surface area contributed by atoms with Crippen molar-refractivity contribution in [3.8, 4) is 11.4 Å². The molecule has 1 aromatic carbocycles. The number of benzene rings is 1. The van der Waals surface area contributed by atoms with Gasteiger partial charge in [-0.3, -0.25) is 4.68 Å². The van der Waals surface area contributed by atoms with Crippen LogP contribution in [0.5, 0.6) is 0 Å². The molecule has 0 radical (unpaired) electrons. The van der Waals surface area contributed by atoms with Gasteiger partial charge in [-0.1, -0.05) is 5.16 Å². The van der Waals surface area contributed by atoms with Crippen molar-refractivity contribution >= 4 is 0 Å². The topological polar surface area (TPSA) is 69.6 Å². The molecule has 3 aromatic rings. The molecule has 2 aromatic heterocycles. The number of halogens is 1. The zero-order valence-corrected chi connectivity index (χ0v) is 9.90. The Hall–Kier alpha value is -2.57. The van der Waals surface area contributed by atoms with Crippen LogP contribution in [0.25, 0.3) is 11.4 Å². The summed E-state index contributed by atoms with van der Waals surface area (Å²) in [6, 6.07) is 5.95. The summed E-state index contributed by atoms with van der Waals surface area (Å²) in [5.74, 6) is 0.669. The van der Waals surface area contributed by atoms with E-state index in [9.17, 15) is 4.39 Å². The van der Waals surface area contributed by atoms with Crippen LogP contribution in [0.4, 0.5) is 4.39 Å². The minimum Gasteiger partial charge on any atom is -0.339 e. The summed E-state index contributed by atoms with van der Waals surface area (Å²) in [4.78, 5) is 8.09. The Kier molecular flexibility index (Phi) is 3.01. The van der Waals surface area contributed by atoms with Gasteiger partial charge in [0.1, 0.15) is 18.5 Å². The average molecular weight is 259 g/mol. The summed E-state index contributed by atoms with van der Waals surface area (Å²) in [5, 5.41) is 7.84. The molecule has 0 fully saturated rings. The molecule has 0 amide bonds. The third-order valence-electron chi connectivity index (χ3n) is 2.59. The minimum absolute atomic E-state index is 0.293. The van der Waals surface area contributed by atoms with Gasteiger partial charge in [0.2, 0.25) is 11.7 Å². The molecule has 96 valence electrons. The zero-order valence-electron chi connectivity index (χ0n) is 9.90. The molecule has 0 bridgehead atoms. The van der Waals surface area contributed by atoms with Crippen LogP contribution >= 0.6 is 0 Å². The average Bonchev–Trinajstić information content (AvgIpc) is 3.09. The lowest BCUT2D eigenvalue weighted by molar-refractivity contribution is 0.369. The van der Waals surface area contributed by atoms with Crippen LogP contribution in [-0.2, 0) is 13.0 Å². The normalized spacial score (nSPS) is 10.8. The molecule has 0 aliphatic rings. The smallest absolute Gasteiger partial charge is 0.228 e. The van der Waals surface area contributed by atoms with Gasteiger partial charge in [0.05, 0.1) is 6.54 Å². The maximum absolute atomic E-state index is 12.8. The molecule has 0 aliphatic heterocycles. The fourth-order valence-corrected chi connectivity index (χ4v) is 1.63. The minimum atomic E-state index is -0.293. The summed E-state index contributed by atoms with van der Waals surface area (Å²) in [7, 11) is 0. The second-order valence-electron chi connectivity index (χ2n) is 3.93. The van der Waals surface area contributed by atoms with Gasteiger partial charge in [0.25, 0.3) is 0 Å². The molecule has 19 heavy (non-hydrogen) atoms. The van der Waals surface area contributed by atoms with E-state index >= 15 is 0 Å². The van der Waals surface area contributed by atoms with Crippen molar-refractivity contribution in [2.75, 3.05) is 0 Å². The van der Waals surface area contributed by atoms with Crippen molar-refractivity contribution in [2.24, 2.45) is 0 Å². The molecule has 0 N–H and O–H groups in total. The highest BCUT2D eigenvalue weighted by molar-refractivity contribution is 5.53. The SMILES string of the molecule is Fc1ccc(-c2noc(CCn3cncn3)n2)cc1. The van der Waals surface area contributed by atoms with E-state index in [1.807, 2.05) is 0 Å². The van der Waals surface area contributed by atoms with Crippen molar-refractivity contribution in [1.82, 2.24) is 24.9 Å². The maximum Gasteiger partial charge on any atom is 0.228 e. The molecule has 0 unspecified atom stereocenters. The lowest BCUT2D eigenvalue weighted by atomic mass is 10.2. The van der Waals surface area contributed by atoms with E-state index in [1.54, 1.807) is 23.1 Å². The highest BCUT2D eigenvalue weighted by Gasteiger charge is 2.08. The van der Waals surface area contributed by atoms with Gasteiger partial charge in [-0.05, 0) is 24.3 Å². The molecule has 0 spiro atoms. The van der Waals surface area contributed by atoms with Gasteiger partial charge in [-0.2, -0.15) is 10.1 Å². The summed E-state index contributed by atoms with van der Waals surface area (Å²) in [5.41, 5.74) is 0.720. The van der Waals surface area contributed by atoms with Crippen LogP contribution in [0, 0.1) is 5.82 Å². The molecular weight excluding hydrogens is 249 g/mol. The van der Waals surface area contributed by atoms with Gasteiger partial charge in [-0.15, -0.1) is 0 Å². The third kappa shape index (κ3) is 2.65. The van der Waals surface area contributed by atoms with Gasteiger partial charge in [0.15, 0.2) is 0 Å². The Labute approximate surface area is 107 Å². The first kappa shape index (κ1) is 11.5. The fourth-order valence-electron chi connectivity index (χ4n) is 1.63. The maximum atomic E-state index is 12.8. The lowest BCUT2D eigenvalue weighted by Crippen LogP contribution is -2.01. The molecule has 0 aliphatic carbocycles. The Morgan fingerprint density at radius 3 is 2.79 bits per heavy atom. The monoisotopic (exact) mass is 259 g/mol. The molecule has 6 nitrogen and oxygen atoms in total. The van der Waals surface area contributed by atoms with E-state index in [1.165, 1.54) is 18.5 Å². The molecule has 0 saturated carbocycles. The van der Waals surface area contributed by atoms with Gasteiger partial charge in [-0.25, -0.2) is 9.37 Å². The lowest BCUT2D eigenvalue weighted by Gasteiger charge is -1.95. The quantitative estimate of drug-likeness (QED) is 0.713. The van der Waals surface area contributed by atoms with Crippen molar-refractivity contribution in [2.45, 2.75) is 13.0 Å². The highest BCUT2D eigenvalue weighted by Crippen LogP contribution is 2.16. The third-order valence-corrected chi connectivity index (χ3v) is 2.59. The number of aryl methyl sites for hydroxylation is 2. The van der Waals surface area contributed by atoms with Crippen LogP contribution in [0.1, 0.15) is 5.89 Å². The molecule has 3 rings (SSSR count). The van der Waals surface area contributed by atoms with Crippen LogP contribution in [0.15, 0.2) is 41.4 Å². The van der Waals surface area contributed by atoms with Crippen molar-refractivity contribution < 1.29 is 8.91 Å². The summed E-state index contributed by atoms with van der Waals surface area (Å²) in [6.07, 6.45) is 3.66. The largest absolute Gasteiger partial charge is 0.339 e. The predicted octanol–water partition coefficient (Wildman–Crippen LogP) is 1.71. The Balaban J connectivity index is 1.70. The first-order valence-electron chi connectivity index (χ1n) is 5.72. The summed E-state index contributed by atoms with van der Waals surface area (Å²) < 4.78 is 19.6. The van der Waals surface area contributed by atoms with Crippen LogP contribution in [-0.4, -0.2) is 24.9 Å². The predicted molar refractivity (Wildman–Crippen MR) is 63.4 cm³/mol. The molecular formula is C12H10FN5O. The standard InChI is InChI=1S/C12H10FN5O/c13-10-3-1-9(2-4-10)12-16-11(19-17-12)5-6-18-8-14-7-15-18/h1-4,7-8H,5-6H2. The number of rotatable bonds is 4. The van der Waals surface area contributed by atoms with Crippen molar-refractivity contribution in [3.63, 3.8) is 0 Å². The van der Waals surface area contributed by atoms with Crippen molar-refractivity contribution in [1.29, 1.82) is 0 Å². The number of nitrogens with zero attached hydrogens (tertiary/aromatic N) is 5. The zero-order chi connectivity index (χ0) is 13.1. The number of hydrogen-bond acceptors (Lipinski definition) is 5. The van der Waals surface area contributed by atoms with Gasteiger partial charge in [0, 0.05) is 12.0 Å². The molecule has 0 saturated heterocycles. The van der Waals surface area contributed by atoms with E-state index in [4.69, 9.17) is 4.52 Å². The second kappa shape index (κ2) is 4.97. The van der Waals surface area contributed by atoms with E-state index in [0.717, 1.165) is 5.56 Å². The van der Waals surface area contributed by atoms with Crippen molar-refractivity contribution in [3.05, 3.63) is 48.6 Å². The van der Waals surface area contributed by atoms with Gasteiger partial charge < -0.3 is 4.52 Å². The van der Waals surface area contributed by atoms with Gasteiger partial charge >= 0.3 is 0 Å². The Bertz CT molecular complexity index is 647. The van der Waals surface area contributed by atoms with Crippen LogP contribution < -0.4 is 0 Å². The van der Waals surface area contributed by atoms with E-state index < -0.39 is 0 Å². The fraction of sp³-hybridized carbons (Fsp3) is 0.167. The van der Waals surface area contributed by atoms with E-state index in [2.05, 4.69) is 20.2 Å². The first-order chi connectivity index (χ1) is 9.31. The first-order valence-corrected chi connectivity index (χ1v) is 5.72. The highest BCUT2D eigenvalue weighted by atomic mass is 19.1. The van der Waals surface area contributed by atoms with Crippen LogP contribution in [0.3, 0.4) is 0 Å². The number of hydrogen-bond donors (Lipinski definition) is 0. The Morgan fingerprint density at radius 1 is 1.21 bits per heavy atom. The Morgan fingerprint density at radius 2 is 2.05 bits per heavy atom. The number of aromatic nitrogens is 5. The van der Waals surface area contributed by atoms with Crippen LogP contribution in [0.2, 0.25) is 0 Å². The molecule has 0 atom stereocenters. The summed E-state index contributed by atoms with van der Waals surface area (Å²) in [6.45, 7) is 0.616. The summed E-state index contributed by atoms with van der Waals surface area (Å²) >= 11 is 0. The van der Waals surface area contributed by atoms with E-state index in [-0.39, 0.29) is 5.82 Å². The second-order valence-corrected chi connectivity index (χ2v) is 3.93. The van der Waals surface area contributed by atoms with E-state index in [0.29, 0.717) is 24.7 Å². The molecule has 2 heterocycles. The molecule has 7 heteroatoms.